The van der Waals surface area contributed by atoms with Gasteiger partial charge in [0.2, 0.25) is 5.91 Å². The van der Waals surface area contributed by atoms with Gasteiger partial charge in [-0.1, -0.05) is 37.6 Å². The molecule has 1 aromatic carbocycles. The van der Waals surface area contributed by atoms with Crippen LogP contribution < -0.4 is 5.32 Å². The molecule has 1 amide bonds. The van der Waals surface area contributed by atoms with Crippen molar-refractivity contribution in [2.24, 2.45) is 11.8 Å². The zero-order chi connectivity index (χ0) is 19.9. The first kappa shape index (κ1) is 22.2. The van der Waals surface area contributed by atoms with Crippen LogP contribution in [-0.4, -0.2) is 51.2 Å². The zero-order valence-electron chi connectivity index (χ0n) is 16.3. The Balaban J connectivity index is 1.63. The summed E-state index contributed by atoms with van der Waals surface area (Å²) in [4.78, 5) is 14.4. The van der Waals surface area contributed by atoms with Crippen molar-refractivity contribution in [1.82, 2.24) is 10.2 Å². The number of hydrogen-bond acceptors (Lipinski definition) is 4. The number of carbonyl (C=O) groups excluding carboxylic acids is 1. The van der Waals surface area contributed by atoms with Gasteiger partial charge >= 0.3 is 0 Å². The Kier molecular flexibility index (Phi) is 8.58. The van der Waals surface area contributed by atoms with Crippen LogP contribution >= 0.6 is 11.6 Å². The maximum Gasteiger partial charge on any atom is 0.221 e. The minimum absolute atomic E-state index is 0.00764. The molecule has 0 aliphatic carbocycles. The van der Waals surface area contributed by atoms with E-state index in [1.807, 2.05) is 0 Å². The molecule has 0 aromatic heterocycles. The number of benzene rings is 1. The maximum atomic E-state index is 12.2. The maximum absolute atomic E-state index is 12.2. The van der Waals surface area contributed by atoms with Crippen molar-refractivity contribution < 1.29 is 13.2 Å². The van der Waals surface area contributed by atoms with E-state index in [0.717, 1.165) is 37.9 Å². The molecule has 1 aromatic rings. The fourth-order valence-corrected chi connectivity index (χ4v) is 5.22. The van der Waals surface area contributed by atoms with Gasteiger partial charge in [0.05, 0.1) is 11.5 Å². The molecule has 1 fully saturated rings. The monoisotopic (exact) mass is 414 g/mol. The summed E-state index contributed by atoms with van der Waals surface area (Å²) in [5.41, 5.74) is 0.685. The van der Waals surface area contributed by atoms with E-state index in [0.29, 0.717) is 17.1 Å². The van der Waals surface area contributed by atoms with Gasteiger partial charge in [-0.15, -0.1) is 0 Å². The van der Waals surface area contributed by atoms with E-state index >= 15 is 0 Å². The van der Waals surface area contributed by atoms with Crippen molar-refractivity contribution in [3.05, 3.63) is 34.9 Å². The number of piperidine rings is 1. The number of halogens is 1. The number of likely N-dealkylation sites (tertiary alicyclic amines) is 1. The molecule has 7 heteroatoms. The SMILES string of the molecule is CC1CC(C)CN(CCCNC(=O)CCS(=O)(=O)Cc2ccc(Cl)cc2)C1. The quantitative estimate of drug-likeness (QED) is 0.630. The van der Waals surface area contributed by atoms with Crippen molar-refractivity contribution >= 4 is 27.3 Å². The Hall–Kier alpha value is -1.11. The van der Waals surface area contributed by atoms with E-state index < -0.39 is 9.84 Å². The third-order valence-corrected chi connectivity index (χ3v) is 6.71. The number of hydrogen-bond donors (Lipinski definition) is 1. The largest absolute Gasteiger partial charge is 0.356 e. The molecule has 152 valence electrons. The van der Waals surface area contributed by atoms with Gasteiger partial charge in [0.1, 0.15) is 0 Å². The molecule has 2 atom stereocenters. The van der Waals surface area contributed by atoms with Crippen LogP contribution in [0.4, 0.5) is 0 Å². The van der Waals surface area contributed by atoms with Crippen molar-refractivity contribution in [3.8, 4) is 0 Å². The van der Waals surface area contributed by atoms with Gasteiger partial charge in [-0.25, -0.2) is 8.42 Å². The minimum Gasteiger partial charge on any atom is -0.356 e. The second-order valence-electron chi connectivity index (χ2n) is 7.88. The Morgan fingerprint density at radius 3 is 2.44 bits per heavy atom. The summed E-state index contributed by atoms with van der Waals surface area (Å²) < 4.78 is 24.3. The van der Waals surface area contributed by atoms with E-state index in [-0.39, 0.29) is 23.8 Å². The third-order valence-electron chi connectivity index (χ3n) is 4.86. The predicted molar refractivity (Wildman–Crippen MR) is 111 cm³/mol. The lowest BCUT2D eigenvalue weighted by Gasteiger charge is -2.34. The molecule has 27 heavy (non-hydrogen) atoms. The lowest BCUT2D eigenvalue weighted by Crippen LogP contribution is -2.40. The predicted octanol–water partition coefficient (Wildman–Crippen LogP) is 3.13. The van der Waals surface area contributed by atoms with Crippen LogP contribution in [0, 0.1) is 11.8 Å². The summed E-state index contributed by atoms with van der Waals surface area (Å²) >= 11 is 5.80. The fraction of sp³-hybridized carbons (Fsp3) is 0.650. The molecule has 0 spiro atoms. The minimum atomic E-state index is -3.31. The second-order valence-corrected chi connectivity index (χ2v) is 10.5. The van der Waals surface area contributed by atoms with E-state index in [2.05, 4.69) is 24.1 Å². The van der Waals surface area contributed by atoms with E-state index in [9.17, 15) is 13.2 Å². The summed E-state index contributed by atoms with van der Waals surface area (Å²) in [6.07, 6.45) is 2.19. The van der Waals surface area contributed by atoms with Crippen LogP contribution in [0.2, 0.25) is 5.02 Å². The average Bonchev–Trinajstić information content (AvgIpc) is 2.58. The summed E-state index contributed by atoms with van der Waals surface area (Å²) in [6, 6.07) is 6.73. The number of sulfone groups is 1. The van der Waals surface area contributed by atoms with Crippen LogP contribution in [-0.2, 0) is 20.4 Å². The highest BCUT2D eigenvalue weighted by Gasteiger charge is 2.21. The van der Waals surface area contributed by atoms with Gasteiger partial charge < -0.3 is 10.2 Å². The molecular formula is C20H31ClN2O3S. The molecular weight excluding hydrogens is 384 g/mol. The second kappa shape index (κ2) is 10.4. The highest BCUT2D eigenvalue weighted by molar-refractivity contribution is 7.90. The Labute approximate surface area is 168 Å². The third kappa shape index (κ3) is 8.62. The van der Waals surface area contributed by atoms with E-state index in [1.54, 1.807) is 24.3 Å². The average molecular weight is 415 g/mol. The lowest BCUT2D eigenvalue weighted by molar-refractivity contribution is -0.120. The zero-order valence-corrected chi connectivity index (χ0v) is 17.9. The van der Waals surface area contributed by atoms with Gasteiger partial charge in [0.25, 0.3) is 0 Å². The summed E-state index contributed by atoms with van der Waals surface area (Å²) in [5, 5.41) is 3.41. The molecule has 0 saturated carbocycles. The molecule has 2 unspecified atom stereocenters. The molecule has 1 N–H and O–H groups in total. The molecule has 1 heterocycles. The van der Waals surface area contributed by atoms with Gasteiger partial charge in [0, 0.05) is 31.1 Å². The number of amides is 1. The number of rotatable bonds is 9. The summed E-state index contributed by atoms with van der Waals surface area (Å²) in [7, 11) is -3.31. The van der Waals surface area contributed by atoms with Gasteiger partial charge in [0.15, 0.2) is 9.84 Å². The molecule has 0 bridgehead atoms. The number of nitrogens with one attached hydrogen (secondary N) is 1. The first-order valence-electron chi connectivity index (χ1n) is 9.67. The van der Waals surface area contributed by atoms with Gasteiger partial charge in [-0.3, -0.25) is 4.79 Å². The first-order valence-corrected chi connectivity index (χ1v) is 11.9. The smallest absolute Gasteiger partial charge is 0.221 e. The molecule has 1 aliphatic heterocycles. The molecule has 0 radical (unpaired) electrons. The van der Waals surface area contributed by atoms with E-state index in [4.69, 9.17) is 11.6 Å². The highest BCUT2D eigenvalue weighted by Crippen LogP contribution is 2.20. The van der Waals surface area contributed by atoms with Crippen LogP contribution in [0.5, 0.6) is 0 Å². The summed E-state index contributed by atoms with van der Waals surface area (Å²) in [6.45, 7) is 8.39. The Morgan fingerprint density at radius 2 is 1.81 bits per heavy atom. The number of nitrogens with zero attached hydrogens (tertiary/aromatic N) is 1. The lowest BCUT2D eigenvalue weighted by atomic mass is 9.92. The van der Waals surface area contributed by atoms with Crippen molar-refractivity contribution in [1.29, 1.82) is 0 Å². The molecule has 5 nitrogen and oxygen atoms in total. The van der Waals surface area contributed by atoms with Gasteiger partial charge in [-0.05, 0) is 48.9 Å². The van der Waals surface area contributed by atoms with Crippen molar-refractivity contribution in [3.63, 3.8) is 0 Å². The topological polar surface area (TPSA) is 66.5 Å². The Bertz CT molecular complexity index is 696. The molecule has 1 aliphatic rings. The normalized spacial score (nSPS) is 21.1. The Morgan fingerprint density at radius 1 is 1.19 bits per heavy atom. The molecule has 2 rings (SSSR count). The first-order chi connectivity index (χ1) is 12.7. The van der Waals surface area contributed by atoms with Crippen LogP contribution in [0.15, 0.2) is 24.3 Å². The highest BCUT2D eigenvalue weighted by atomic mass is 35.5. The fourth-order valence-electron chi connectivity index (χ4n) is 3.75. The van der Waals surface area contributed by atoms with Crippen LogP contribution in [0.3, 0.4) is 0 Å². The standard InChI is InChI=1S/C20H31ClN2O3S/c1-16-12-17(2)14-23(13-16)10-3-9-22-20(24)8-11-27(25,26)15-18-4-6-19(21)7-5-18/h4-7,16-17H,3,8-15H2,1-2H3,(H,22,24). The number of carbonyl (C=O) groups is 1. The molecule has 1 saturated heterocycles. The van der Waals surface area contributed by atoms with Crippen LogP contribution in [0.25, 0.3) is 0 Å². The summed E-state index contributed by atoms with van der Waals surface area (Å²) in [5.74, 6) is 1.06. The van der Waals surface area contributed by atoms with Crippen LogP contribution in [0.1, 0.15) is 38.7 Å². The van der Waals surface area contributed by atoms with Crippen molar-refractivity contribution in [2.45, 2.75) is 38.9 Å². The van der Waals surface area contributed by atoms with Crippen molar-refractivity contribution in [2.75, 3.05) is 31.9 Å². The van der Waals surface area contributed by atoms with E-state index in [1.165, 1.54) is 6.42 Å². The van der Waals surface area contributed by atoms with Gasteiger partial charge in [-0.2, -0.15) is 0 Å².